The van der Waals surface area contributed by atoms with E-state index in [-0.39, 0.29) is 0 Å². The molecule has 0 radical (unpaired) electrons. The zero-order valence-corrected chi connectivity index (χ0v) is 11.2. The Hall–Kier alpha value is -2.07. The maximum Gasteiger partial charge on any atom is 0.214 e. The Morgan fingerprint density at radius 2 is 1.95 bits per heavy atom. The van der Waals surface area contributed by atoms with Crippen molar-refractivity contribution in [3.05, 3.63) is 53.7 Å². The SMILES string of the molecule is COCc1cccc(CNc2ccnc(OC)c2)c1. The van der Waals surface area contributed by atoms with Crippen LogP contribution in [0.4, 0.5) is 5.69 Å². The average Bonchev–Trinajstić information content (AvgIpc) is 2.46. The van der Waals surface area contributed by atoms with Gasteiger partial charge in [-0.3, -0.25) is 0 Å². The standard InChI is InChI=1S/C15H18N2O2/c1-18-11-13-5-3-4-12(8-13)10-17-14-6-7-16-15(9-14)19-2/h3-9H,10-11H2,1-2H3,(H,16,17). The number of hydrogen-bond acceptors (Lipinski definition) is 4. The van der Waals surface area contributed by atoms with Gasteiger partial charge in [0, 0.05) is 31.6 Å². The number of benzene rings is 1. The van der Waals surface area contributed by atoms with E-state index in [4.69, 9.17) is 9.47 Å². The van der Waals surface area contributed by atoms with E-state index in [1.807, 2.05) is 18.2 Å². The molecule has 19 heavy (non-hydrogen) atoms. The lowest BCUT2D eigenvalue weighted by Gasteiger charge is -2.09. The molecule has 0 saturated carbocycles. The Bertz CT molecular complexity index is 529. The number of hydrogen-bond donors (Lipinski definition) is 1. The van der Waals surface area contributed by atoms with Gasteiger partial charge in [-0.2, -0.15) is 0 Å². The van der Waals surface area contributed by atoms with E-state index in [0.29, 0.717) is 12.5 Å². The summed E-state index contributed by atoms with van der Waals surface area (Å²) < 4.78 is 10.2. The van der Waals surface area contributed by atoms with E-state index in [1.165, 1.54) is 11.1 Å². The van der Waals surface area contributed by atoms with E-state index in [0.717, 1.165) is 12.2 Å². The van der Waals surface area contributed by atoms with Gasteiger partial charge in [-0.25, -0.2) is 4.98 Å². The molecule has 0 unspecified atom stereocenters. The van der Waals surface area contributed by atoms with Crippen molar-refractivity contribution in [2.45, 2.75) is 13.2 Å². The molecule has 2 aromatic rings. The molecule has 1 heterocycles. The van der Waals surface area contributed by atoms with Gasteiger partial charge in [-0.05, 0) is 17.2 Å². The maximum absolute atomic E-state index is 5.13. The Morgan fingerprint density at radius 3 is 2.74 bits per heavy atom. The second-order valence-electron chi connectivity index (χ2n) is 4.19. The number of aromatic nitrogens is 1. The number of methoxy groups -OCH3 is 2. The highest BCUT2D eigenvalue weighted by atomic mass is 16.5. The van der Waals surface area contributed by atoms with Crippen LogP contribution in [-0.4, -0.2) is 19.2 Å². The van der Waals surface area contributed by atoms with Gasteiger partial charge in [-0.15, -0.1) is 0 Å². The number of pyridine rings is 1. The Kier molecular flexibility index (Phi) is 4.75. The molecule has 1 N–H and O–H groups in total. The molecule has 1 aromatic heterocycles. The topological polar surface area (TPSA) is 43.4 Å². The molecule has 4 heteroatoms. The first-order valence-corrected chi connectivity index (χ1v) is 6.12. The third-order valence-corrected chi connectivity index (χ3v) is 2.74. The van der Waals surface area contributed by atoms with Crippen molar-refractivity contribution in [3.63, 3.8) is 0 Å². The van der Waals surface area contributed by atoms with Crippen LogP contribution in [0.3, 0.4) is 0 Å². The molecule has 0 spiro atoms. The minimum absolute atomic E-state index is 0.609. The lowest BCUT2D eigenvalue weighted by Crippen LogP contribution is -2.01. The predicted octanol–water partition coefficient (Wildman–Crippen LogP) is 2.85. The number of rotatable bonds is 6. The molecule has 0 amide bonds. The van der Waals surface area contributed by atoms with Crippen LogP contribution in [-0.2, 0) is 17.9 Å². The predicted molar refractivity (Wildman–Crippen MR) is 75.3 cm³/mol. The number of ether oxygens (including phenoxy) is 2. The molecule has 4 nitrogen and oxygen atoms in total. The zero-order chi connectivity index (χ0) is 13.5. The number of nitrogens with one attached hydrogen (secondary N) is 1. The van der Waals surface area contributed by atoms with Gasteiger partial charge >= 0.3 is 0 Å². The van der Waals surface area contributed by atoms with Crippen molar-refractivity contribution in [2.75, 3.05) is 19.5 Å². The van der Waals surface area contributed by atoms with Gasteiger partial charge in [0.1, 0.15) is 0 Å². The molecule has 0 aliphatic heterocycles. The van der Waals surface area contributed by atoms with Gasteiger partial charge in [-0.1, -0.05) is 24.3 Å². The fraction of sp³-hybridized carbons (Fsp3) is 0.267. The van der Waals surface area contributed by atoms with Crippen LogP contribution in [0.1, 0.15) is 11.1 Å². The minimum atomic E-state index is 0.609. The van der Waals surface area contributed by atoms with Crippen molar-refractivity contribution in [1.82, 2.24) is 4.98 Å². The van der Waals surface area contributed by atoms with Crippen LogP contribution in [0.25, 0.3) is 0 Å². The molecule has 0 aliphatic carbocycles. The summed E-state index contributed by atoms with van der Waals surface area (Å²) in [6.45, 7) is 1.39. The van der Waals surface area contributed by atoms with Crippen LogP contribution < -0.4 is 10.1 Å². The largest absolute Gasteiger partial charge is 0.481 e. The summed E-state index contributed by atoms with van der Waals surface area (Å²) >= 11 is 0. The Balaban J connectivity index is 1.99. The summed E-state index contributed by atoms with van der Waals surface area (Å²) in [7, 11) is 3.31. The van der Waals surface area contributed by atoms with Crippen molar-refractivity contribution in [3.8, 4) is 5.88 Å². The molecular formula is C15H18N2O2. The highest BCUT2D eigenvalue weighted by Crippen LogP contribution is 2.15. The highest BCUT2D eigenvalue weighted by Gasteiger charge is 1.99. The first-order valence-electron chi connectivity index (χ1n) is 6.12. The van der Waals surface area contributed by atoms with Crippen molar-refractivity contribution in [2.24, 2.45) is 0 Å². The van der Waals surface area contributed by atoms with Gasteiger partial charge in [0.25, 0.3) is 0 Å². The number of nitrogens with zero attached hydrogens (tertiary/aromatic N) is 1. The van der Waals surface area contributed by atoms with Crippen molar-refractivity contribution < 1.29 is 9.47 Å². The molecule has 1 aromatic carbocycles. The third-order valence-electron chi connectivity index (χ3n) is 2.74. The van der Waals surface area contributed by atoms with E-state index < -0.39 is 0 Å². The van der Waals surface area contributed by atoms with Crippen molar-refractivity contribution in [1.29, 1.82) is 0 Å². The smallest absolute Gasteiger partial charge is 0.214 e. The lowest BCUT2D eigenvalue weighted by molar-refractivity contribution is 0.185. The zero-order valence-electron chi connectivity index (χ0n) is 11.2. The molecule has 0 bridgehead atoms. The minimum Gasteiger partial charge on any atom is -0.481 e. The fourth-order valence-electron chi connectivity index (χ4n) is 1.83. The maximum atomic E-state index is 5.13. The fourth-order valence-corrected chi connectivity index (χ4v) is 1.83. The normalized spacial score (nSPS) is 10.2. The Morgan fingerprint density at radius 1 is 1.11 bits per heavy atom. The van der Waals surface area contributed by atoms with Crippen LogP contribution in [0.5, 0.6) is 5.88 Å². The number of anilines is 1. The monoisotopic (exact) mass is 258 g/mol. The third kappa shape index (κ3) is 3.96. The molecule has 0 fully saturated rings. The molecule has 0 aliphatic rings. The van der Waals surface area contributed by atoms with Gasteiger partial charge in [0.05, 0.1) is 13.7 Å². The van der Waals surface area contributed by atoms with E-state index in [2.05, 4.69) is 28.5 Å². The summed E-state index contributed by atoms with van der Waals surface area (Å²) in [5.74, 6) is 0.609. The molecule has 0 atom stereocenters. The summed E-state index contributed by atoms with van der Waals surface area (Å²) in [4.78, 5) is 4.07. The quantitative estimate of drug-likeness (QED) is 0.865. The molecule has 0 saturated heterocycles. The van der Waals surface area contributed by atoms with E-state index in [9.17, 15) is 0 Å². The Labute approximate surface area is 113 Å². The summed E-state index contributed by atoms with van der Waals surface area (Å²) in [5, 5.41) is 3.34. The summed E-state index contributed by atoms with van der Waals surface area (Å²) in [6.07, 6.45) is 1.72. The summed E-state index contributed by atoms with van der Waals surface area (Å²) in [5.41, 5.74) is 3.38. The second kappa shape index (κ2) is 6.75. The van der Waals surface area contributed by atoms with Gasteiger partial charge < -0.3 is 14.8 Å². The van der Waals surface area contributed by atoms with Gasteiger partial charge in [0.15, 0.2) is 0 Å². The van der Waals surface area contributed by atoms with Crippen molar-refractivity contribution >= 4 is 5.69 Å². The first kappa shape index (κ1) is 13.4. The first-order chi connectivity index (χ1) is 9.31. The van der Waals surface area contributed by atoms with Crippen LogP contribution >= 0.6 is 0 Å². The van der Waals surface area contributed by atoms with Crippen LogP contribution in [0.15, 0.2) is 42.6 Å². The van der Waals surface area contributed by atoms with Crippen LogP contribution in [0, 0.1) is 0 Å². The lowest BCUT2D eigenvalue weighted by atomic mass is 10.1. The second-order valence-corrected chi connectivity index (χ2v) is 4.19. The highest BCUT2D eigenvalue weighted by molar-refractivity contribution is 5.45. The van der Waals surface area contributed by atoms with Gasteiger partial charge in [0.2, 0.25) is 5.88 Å². The van der Waals surface area contributed by atoms with E-state index >= 15 is 0 Å². The van der Waals surface area contributed by atoms with E-state index in [1.54, 1.807) is 20.4 Å². The van der Waals surface area contributed by atoms with Crippen LogP contribution in [0.2, 0.25) is 0 Å². The molecule has 100 valence electrons. The molecule has 2 rings (SSSR count). The summed E-state index contributed by atoms with van der Waals surface area (Å²) in [6, 6.07) is 12.1. The molecular weight excluding hydrogens is 240 g/mol. The average molecular weight is 258 g/mol.